The Balaban J connectivity index is 1.34. The second kappa shape index (κ2) is 17.6. The van der Waals surface area contributed by atoms with E-state index in [0.717, 1.165) is 27.7 Å². The Hall–Kier alpha value is -4.83. The van der Waals surface area contributed by atoms with E-state index < -0.39 is 68.6 Å². The largest absolute Gasteiger partial charge is 0.497 e. The van der Waals surface area contributed by atoms with E-state index in [9.17, 15) is 27.2 Å². The first-order valence-electron chi connectivity index (χ1n) is 20.5. The van der Waals surface area contributed by atoms with Crippen LogP contribution in [0, 0.1) is 23.1 Å². The molecule has 3 N–H and O–H groups in total. The Bertz CT molecular complexity index is 2260. The maximum absolute atomic E-state index is 14.9. The van der Waals surface area contributed by atoms with Gasteiger partial charge >= 0.3 is 0 Å². The fourth-order valence-electron chi connectivity index (χ4n) is 7.90. The molecule has 1 aromatic carbocycles. The van der Waals surface area contributed by atoms with Crippen molar-refractivity contribution in [2.45, 2.75) is 110 Å². The number of unbranched alkanes of at least 4 members (excludes halogenated alkanes) is 1. The lowest BCUT2D eigenvalue weighted by Gasteiger charge is -2.36. The first-order valence-corrected chi connectivity index (χ1v) is 23.0. The van der Waals surface area contributed by atoms with Gasteiger partial charge < -0.3 is 25.0 Å². The summed E-state index contributed by atoms with van der Waals surface area (Å²) in [6, 6.07) is 3.77. The number of aromatic nitrogens is 1. The summed E-state index contributed by atoms with van der Waals surface area (Å²) in [4.78, 5) is 54.6. The summed E-state index contributed by atoms with van der Waals surface area (Å²) in [5.41, 5.74) is 1.32. The zero-order valence-electron chi connectivity index (χ0n) is 35.6. The molecule has 3 heterocycles. The van der Waals surface area contributed by atoms with Crippen molar-refractivity contribution in [3.8, 4) is 0 Å². The molecule has 4 aliphatic rings. The van der Waals surface area contributed by atoms with Crippen LogP contribution in [0.1, 0.15) is 97.2 Å². The highest BCUT2D eigenvalue weighted by molar-refractivity contribution is 7.90. The Morgan fingerprint density at radius 3 is 2.58 bits per heavy atom. The van der Waals surface area contributed by atoms with Gasteiger partial charge in [-0.1, -0.05) is 60.1 Å². The number of likely N-dealkylation sites (tertiary alicyclic amines) is 1. The highest BCUT2D eigenvalue weighted by atomic mass is 32.2. The number of methoxy groups -OCH3 is 1. The quantitative estimate of drug-likeness (QED) is 0.155. The topological polar surface area (TPSA) is 168 Å². The number of hydrogen-bond donors (Lipinski definition) is 3. The molecule has 324 valence electrons. The number of allylic oxidation sites excluding steroid dienone is 3. The van der Waals surface area contributed by atoms with E-state index in [-0.39, 0.29) is 37.0 Å². The third kappa shape index (κ3) is 9.54. The van der Waals surface area contributed by atoms with E-state index in [1.54, 1.807) is 19.2 Å². The lowest BCUT2D eigenvalue weighted by atomic mass is 9.85. The maximum Gasteiger partial charge on any atom is 0.259 e. The van der Waals surface area contributed by atoms with Crippen LogP contribution in [0.3, 0.4) is 0 Å². The van der Waals surface area contributed by atoms with Gasteiger partial charge in [-0.2, -0.15) is 0 Å². The number of rotatable bonds is 16. The predicted octanol–water partition coefficient (Wildman–Crippen LogP) is 6.74. The molecule has 16 heteroatoms. The number of benzene rings is 1. The number of carbonyl (C=O) groups excluding carboxylic acids is 3. The van der Waals surface area contributed by atoms with Crippen LogP contribution in [0.15, 0.2) is 82.2 Å². The van der Waals surface area contributed by atoms with Gasteiger partial charge in [0, 0.05) is 35.1 Å². The van der Waals surface area contributed by atoms with Crippen molar-refractivity contribution in [2.24, 2.45) is 22.2 Å². The third-order valence-corrected chi connectivity index (χ3v) is 13.7. The number of aliphatic imine (C=N–C) groups is 1. The smallest absolute Gasteiger partial charge is 0.259 e. The number of nitrogens with zero attached hydrogens (tertiary/aromatic N) is 3. The summed E-state index contributed by atoms with van der Waals surface area (Å²) in [5.74, 6) is -1.89. The number of dihydropyridines is 1. The second-order valence-corrected chi connectivity index (χ2v) is 20.1. The molecule has 2 fully saturated rings. The van der Waals surface area contributed by atoms with E-state index >= 15 is 0 Å². The van der Waals surface area contributed by atoms with Crippen LogP contribution in [0.4, 0.5) is 10.1 Å². The maximum atomic E-state index is 14.9. The van der Waals surface area contributed by atoms with E-state index in [0.29, 0.717) is 36.4 Å². The van der Waals surface area contributed by atoms with Crippen molar-refractivity contribution in [1.82, 2.24) is 19.9 Å². The van der Waals surface area contributed by atoms with Gasteiger partial charge in [0.1, 0.15) is 51.8 Å². The van der Waals surface area contributed by atoms with Crippen molar-refractivity contribution < 1.29 is 36.7 Å². The summed E-state index contributed by atoms with van der Waals surface area (Å²) in [7, 11) is -2.35. The number of hydrogen-bond acceptors (Lipinski definition) is 11. The minimum Gasteiger partial charge on any atom is -0.497 e. The zero-order valence-corrected chi connectivity index (χ0v) is 37.3. The van der Waals surface area contributed by atoms with Crippen molar-refractivity contribution >= 4 is 50.5 Å². The van der Waals surface area contributed by atoms with Gasteiger partial charge in [0.15, 0.2) is 0 Å². The highest BCUT2D eigenvalue weighted by Crippen LogP contribution is 2.46. The minimum atomic E-state index is -3.97. The molecular weight excluding hydrogens is 808 g/mol. The monoisotopic (exact) mass is 864 g/mol. The van der Waals surface area contributed by atoms with Gasteiger partial charge in [-0.15, -0.1) is 17.9 Å². The number of anilines is 1. The lowest BCUT2D eigenvalue weighted by Crippen LogP contribution is -2.58. The van der Waals surface area contributed by atoms with E-state index in [2.05, 4.69) is 35.8 Å². The summed E-state index contributed by atoms with van der Waals surface area (Å²) < 4.78 is 54.7. The summed E-state index contributed by atoms with van der Waals surface area (Å²) in [6.07, 6.45) is 6.42. The fourth-order valence-corrected chi connectivity index (χ4v) is 10.1. The molecule has 1 aromatic heterocycles. The standard InChI is InChI=1S/C44H57FN6O7S2/c1-10-12-18-60(55,56)50-42(54)44(22-27(44)11-2)49-39(52)34-20-30(23-51(34)41(53)38(43(6,7)8)46-29-15-13-14-28(45)19-29)58-36-21-32(40-48-33(24-59-40)25(3)4)47-37-26(5)35(57-9)17-16-31(36)37/h11,13-15,17,19,21,24-25,27,30-31,34,38,46H,2,10,12,16,18,20,22-23H2,1,3-9H3,(H,49,52)(H,50,54)/t27-,30-,31?,34+,38-,44-/m1/s1. The molecule has 1 saturated carbocycles. The molecule has 3 amide bonds. The molecule has 1 saturated heterocycles. The van der Waals surface area contributed by atoms with Crippen LogP contribution in [-0.2, 0) is 33.9 Å². The summed E-state index contributed by atoms with van der Waals surface area (Å²) in [6.45, 7) is 17.4. The average Bonchev–Trinajstić information content (AvgIpc) is 3.47. The minimum absolute atomic E-state index is 0.00624. The Labute approximate surface area is 356 Å². The number of amides is 3. The SMILES string of the molecule is C=C[C@@H]1C[C@]1(NC(=O)[C@@H]1C[C@@H](OC2=CC(c3nc(C(C)C)cs3)=NC3=C(C)C(OC)=CCC23)CN1C(=O)[C@@H](Nc1cccc(F)c1)C(C)(C)C)C(=O)NS(=O)(=O)CCCC. The van der Waals surface area contributed by atoms with Gasteiger partial charge in [-0.3, -0.25) is 19.1 Å². The van der Waals surface area contributed by atoms with E-state index in [1.165, 1.54) is 34.4 Å². The van der Waals surface area contributed by atoms with Crippen LogP contribution in [0.2, 0.25) is 0 Å². The molecule has 0 bridgehead atoms. The van der Waals surface area contributed by atoms with Crippen LogP contribution < -0.4 is 15.4 Å². The van der Waals surface area contributed by atoms with E-state index in [1.807, 2.05) is 52.2 Å². The molecule has 2 aliphatic carbocycles. The van der Waals surface area contributed by atoms with Gasteiger partial charge in [0.05, 0.1) is 36.7 Å². The zero-order chi connectivity index (χ0) is 43.7. The summed E-state index contributed by atoms with van der Waals surface area (Å²) >= 11 is 1.49. The molecular formula is C44H57FN6O7S2. The normalized spacial score (nSPS) is 24.4. The number of carbonyl (C=O) groups is 3. The van der Waals surface area contributed by atoms with Crippen LogP contribution in [0.25, 0.3) is 0 Å². The van der Waals surface area contributed by atoms with Gasteiger partial charge in [-0.25, -0.2) is 22.8 Å². The van der Waals surface area contributed by atoms with Gasteiger partial charge in [-0.05, 0) is 61.8 Å². The molecule has 6 rings (SSSR count). The number of halogens is 1. The summed E-state index contributed by atoms with van der Waals surface area (Å²) in [5, 5.41) is 8.81. The van der Waals surface area contributed by atoms with Crippen LogP contribution in [-0.4, -0.2) is 84.9 Å². The number of ether oxygens (including phenoxy) is 2. The number of fused-ring (bicyclic) bond motifs is 1. The lowest BCUT2D eigenvalue weighted by molar-refractivity contribution is -0.141. The molecule has 0 radical (unpaired) electrons. The molecule has 1 unspecified atom stereocenters. The van der Waals surface area contributed by atoms with Crippen molar-refractivity contribution in [2.75, 3.05) is 24.7 Å². The van der Waals surface area contributed by atoms with Crippen LogP contribution >= 0.6 is 11.3 Å². The predicted molar refractivity (Wildman–Crippen MR) is 231 cm³/mol. The molecule has 60 heavy (non-hydrogen) atoms. The van der Waals surface area contributed by atoms with Gasteiger partial charge in [0.2, 0.25) is 21.8 Å². The molecule has 13 nitrogen and oxygen atoms in total. The Morgan fingerprint density at radius 2 is 1.97 bits per heavy atom. The number of nitrogens with one attached hydrogen (secondary N) is 3. The number of thiazole rings is 1. The van der Waals surface area contributed by atoms with E-state index in [4.69, 9.17) is 19.5 Å². The van der Waals surface area contributed by atoms with Crippen molar-refractivity contribution in [3.05, 3.63) is 93.8 Å². The first kappa shape index (κ1) is 44.7. The average molecular weight is 865 g/mol. The Morgan fingerprint density at radius 1 is 1.22 bits per heavy atom. The Kier molecular flexibility index (Phi) is 13.1. The molecule has 0 spiro atoms. The van der Waals surface area contributed by atoms with Crippen LogP contribution in [0.5, 0.6) is 0 Å². The second-order valence-electron chi connectivity index (χ2n) is 17.4. The van der Waals surface area contributed by atoms with Crippen molar-refractivity contribution in [1.29, 1.82) is 0 Å². The first-order chi connectivity index (χ1) is 28.3. The molecule has 6 atom stereocenters. The van der Waals surface area contributed by atoms with Crippen molar-refractivity contribution in [3.63, 3.8) is 0 Å². The molecule has 2 aromatic rings. The number of sulfonamides is 1. The fraction of sp³-hybridized carbons (Fsp3) is 0.523. The molecule has 2 aliphatic heterocycles. The third-order valence-electron chi connectivity index (χ3n) is 11.5. The highest BCUT2D eigenvalue weighted by Gasteiger charge is 2.61. The van der Waals surface area contributed by atoms with Gasteiger partial charge in [0.25, 0.3) is 5.91 Å².